The predicted molar refractivity (Wildman–Crippen MR) is 139 cm³/mol. The van der Waals surface area contributed by atoms with Crippen LogP contribution in [0.3, 0.4) is 0 Å². The van der Waals surface area contributed by atoms with Crippen LogP contribution in [0.1, 0.15) is 21.5 Å². The SMILES string of the molecule is Cc1cccc(C)c1NC(=O)CSc1nc2ccc(NC(=O)c3ccc(Cl)cc3Cl)cc2s1. The van der Waals surface area contributed by atoms with Crippen molar-refractivity contribution in [2.24, 2.45) is 0 Å². The Bertz CT molecular complexity index is 1350. The average molecular weight is 516 g/mol. The molecule has 0 aliphatic heterocycles. The van der Waals surface area contributed by atoms with Crippen molar-refractivity contribution in [1.29, 1.82) is 0 Å². The van der Waals surface area contributed by atoms with E-state index < -0.39 is 0 Å². The summed E-state index contributed by atoms with van der Waals surface area (Å²) in [6, 6.07) is 16.1. The Morgan fingerprint density at radius 2 is 1.76 bits per heavy atom. The first-order valence-electron chi connectivity index (χ1n) is 9.96. The van der Waals surface area contributed by atoms with E-state index in [0.29, 0.717) is 16.3 Å². The van der Waals surface area contributed by atoms with Crippen LogP contribution in [0.4, 0.5) is 11.4 Å². The number of nitrogens with one attached hydrogen (secondary N) is 2. The van der Waals surface area contributed by atoms with E-state index in [1.807, 2.05) is 44.2 Å². The minimum atomic E-state index is -0.321. The fourth-order valence-corrected chi connectivity index (χ4v) is 5.63. The van der Waals surface area contributed by atoms with Gasteiger partial charge in [-0.15, -0.1) is 11.3 Å². The third-order valence-corrected chi connectivity index (χ3v) is 7.58. The fraction of sp³-hybridized carbons (Fsp3) is 0.125. The molecule has 5 nitrogen and oxygen atoms in total. The van der Waals surface area contributed by atoms with Crippen LogP contribution in [0.5, 0.6) is 0 Å². The molecule has 2 amide bonds. The molecule has 0 radical (unpaired) electrons. The van der Waals surface area contributed by atoms with Gasteiger partial charge in [-0.1, -0.05) is 53.2 Å². The molecule has 4 rings (SSSR count). The zero-order valence-corrected chi connectivity index (χ0v) is 20.9. The first kappa shape index (κ1) is 23.6. The van der Waals surface area contributed by atoms with E-state index in [4.69, 9.17) is 23.2 Å². The second kappa shape index (κ2) is 10.1. The highest BCUT2D eigenvalue weighted by atomic mass is 35.5. The predicted octanol–water partition coefficient (Wildman–Crippen LogP) is 7.20. The standard InChI is InChI=1S/C24H19Cl2N3O2S2/c1-13-4-3-5-14(2)22(13)29-21(30)12-32-24-28-19-9-7-16(11-20(19)33-24)27-23(31)17-8-6-15(25)10-18(17)26/h3-11H,12H2,1-2H3,(H,27,31)(H,29,30). The molecule has 2 N–H and O–H groups in total. The lowest BCUT2D eigenvalue weighted by atomic mass is 10.1. The zero-order valence-electron chi connectivity index (χ0n) is 17.7. The van der Waals surface area contributed by atoms with Crippen molar-refractivity contribution >= 4 is 79.7 Å². The third kappa shape index (κ3) is 5.68. The number of carbonyl (C=O) groups is 2. The maximum atomic E-state index is 12.6. The van der Waals surface area contributed by atoms with Crippen LogP contribution < -0.4 is 10.6 Å². The molecule has 0 fully saturated rings. The van der Waals surface area contributed by atoms with Crippen molar-refractivity contribution in [3.8, 4) is 0 Å². The molecule has 0 saturated carbocycles. The monoisotopic (exact) mass is 515 g/mol. The van der Waals surface area contributed by atoms with Gasteiger partial charge in [-0.05, 0) is 61.4 Å². The lowest BCUT2D eigenvalue weighted by Gasteiger charge is -2.10. The molecule has 3 aromatic carbocycles. The van der Waals surface area contributed by atoms with Crippen molar-refractivity contribution in [3.05, 3.63) is 81.3 Å². The normalized spacial score (nSPS) is 10.9. The molecule has 0 aliphatic rings. The lowest BCUT2D eigenvalue weighted by Crippen LogP contribution is -2.15. The number of aromatic nitrogens is 1. The Balaban J connectivity index is 1.41. The Morgan fingerprint density at radius 1 is 1.00 bits per heavy atom. The molecule has 1 aromatic heterocycles. The smallest absolute Gasteiger partial charge is 0.257 e. The maximum absolute atomic E-state index is 12.6. The van der Waals surface area contributed by atoms with E-state index in [1.165, 1.54) is 29.2 Å². The van der Waals surface area contributed by atoms with Crippen LogP contribution in [0.25, 0.3) is 10.2 Å². The summed E-state index contributed by atoms with van der Waals surface area (Å²) in [6.45, 7) is 3.95. The number of amides is 2. The summed E-state index contributed by atoms with van der Waals surface area (Å²) in [5.74, 6) is -0.144. The van der Waals surface area contributed by atoms with Gasteiger partial charge in [-0.3, -0.25) is 9.59 Å². The van der Waals surface area contributed by atoms with Crippen molar-refractivity contribution in [1.82, 2.24) is 4.98 Å². The van der Waals surface area contributed by atoms with Crippen LogP contribution in [0, 0.1) is 13.8 Å². The molecule has 0 atom stereocenters. The molecule has 0 aliphatic carbocycles. The van der Waals surface area contributed by atoms with E-state index >= 15 is 0 Å². The number of thioether (sulfide) groups is 1. The number of anilines is 2. The quantitative estimate of drug-likeness (QED) is 0.266. The first-order chi connectivity index (χ1) is 15.8. The van der Waals surface area contributed by atoms with E-state index in [0.717, 1.165) is 31.4 Å². The summed E-state index contributed by atoms with van der Waals surface area (Å²) in [6.07, 6.45) is 0. The molecular weight excluding hydrogens is 497 g/mol. The third-order valence-electron chi connectivity index (χ3n) is 4.87. The second-order valence-corrected chi connectivity index (χ2v) is 10.4. The second-order valence-electron chi connectivity index (χ2n) is 7.34. The average Bonchev–Trinajstić information content (AvgIpc) is 3.17. The maximum Gasteiger partial charge on any atom is 0.257 e. The molecule has 33 heavy (non-hydrogen) atoms. The minimum Gasteiger partial charge on any atom is -0.325 e. The minimum absolute atomic E-state index is 0.0792. The van der Waals surface area contributed by atoms with E-state index in [9.17, 15) is 9.59 Å². The van der Waals surface area contributed by atoms with Crippen LogP contribution >= 0.6 is 46.3 Å². The number of hydrogen-bond donors (Lipinski definition) is 2. The number of fused-ring (bicyclic) bond motifs is 1. The van der Waals surface area contributed by atoms with Gasteiger partial charge < -0.3 is 10.6 Å². The summed E-state index contributed by atoms with van der Waals surface area (Å²) >= 11 is 14.9. The van der Waals surface area contributed by atoms with Crippen LogP contribution in [0.2, 0.25) is 10.0 Å². The number of aryl methyl sites for hydroxylation is 2. The van der Waals surface area contributed by atoms with Crippen molar-refractivity contribution < 1.29 is 9.59 Å². The van der Waals surface area contributed by atoms with Crippen molar-refractivity contribution in [3.63, 3.8) is 0 Å². The molecule has 0 spiro atoms. The number of benzene rings is 3. The molecule has 0 bridgehead atoms. The first-order valence-corrected chi connectivity index (χ1v) is 12.5. The number of hydrogen-bond acceptors (Lipinski definition) is 5. The number of thiazole rings is 1. The number of carbonyl (C=O) groups excluding carboxylic acids is 2. The molecular formula is C24H19Cl2N3O2S2. The summed E-state index contributed by atoms with van der Waals surface area (Å²) in [5.41, 5.74) is 4.70. The van der Waals surface area contributed by atoms with Gasteiger partial charge in [0.2, 0.25) is 5.91 Å². The van der Waals surface area contributed by atoms with Gasteiger partial charge in [-0.25, -0.2) is 4.98 Å². The van der Waals surface area contributed by atoms with Gasteiger partial charge in [0.15, 0.2) is 4.34 Å². The number of para-hydroxylation sites is 1. The van der Waals surface area contributed by atoms with Crippen molar-refractivity contribution in [2.45, 2.75) is 18.2 Å². The Hall–Kier alpha value is -2.58. The highest BCUT2D eigenvalue weighted by Gasteiger charge is 2.13. The van der Waals surface area contributed by atoms with E-state index in [-0.39, 0.29) is 22.6 Å². The van der Waals surface area contributed by atoms with E-state index in [1.54, 1.807) is 18.2 Å². The van der Waals surface area contributed by atoms with Gasteiger partial charge >= 0.3 is 0 Å². The Kier molecular flexibility index (Phi) is 7.24. The topological polar surface area (TPSA) is 71.1 Å². The number of nitrogens with zero attached hydrogens (tertiary/aromatic N) is 1. The zero-order chi connectivity index (χ0) is 23.5. The summed E-state index contributed by atoms with van der Waals surface area (Å²) < 4.78 is 1.69. The van der Waals surface area contributed by atoms with Crippen molar-refractivity contribution in [2.75, 3.05) is 16.4 Å². The van der Waals surface area contributed by atoms with Gasteiger partial charge in [0.1, 0.15) is 0 Å². The lowest BCUT2D eigenvalue weighted by molar-refractivity contribution is -0.113. The van der Waals surface area contributed by atoms with Crippen LogP contribution in [-0.2, 0) is 4.79 Å². The molecule has 0 saturated heterocycles. The molecule has 1 heterocycles. The summed E-state index contributed by atoms with van der Waals surface area (Å²) in [7, 11) is 0. The van der Waals surface area contributed by atoms with Gasteiger partial charge in [0.05, 0.1) is 26.6 Å². The largest absolute Gasteiger partial charge is 0.325 e. The van der Waals surface area contributed by atoms with E-state index in [2.05, 4.69) is 15.6 Å². The molecule has 0 unspecified atom stereocenters. The summed E-state index contributed by atoms with van der Waals surface area (Å²) in [4.78, 5) is 29.6. The molecule has 9 heteroatoms. The van der Waals surface area contributed by atoms with Gasteiger partial charge in [-0.2, -0.15) is 0 Å². The highest BCUT2D eigenvalue weighted by Crippen LogP contribution is 2.32. The summed E-state index contributed by atoms with van der Waals surface area (Å²) in [5, 5.41) is 6.59. The Morgan fingerprint density at radius 3 is 2.48 bits per heavy atom. The number of rotatable bonds is 6. The molecule has 4 aromatic rings. The fourth-order valence-electron chi connectivity index (χ4n) is 3.23. The molecule has 168 valence electrons. The van der Waals surface area contributed by atoms with Crippen LogP contribution in [-0.4, -0.2) is 22.6 Å². The van der Waals surface area contributed by atoms with Gasteiger partial charge in [0, 0.05) is 16.4 Å². The van der Waals surface area contributed by atoms with Crippen LogP contribution in [0.15, 0.2) is 58.9 Å². The number of halogens is 2. The van der Waals surface area contributed by atoms with Gasteiger partial charge in [0.25, 0.3) is 5.91 Å². The highest BCUT2D eigenvalue weighted by molar-refractivity contribution is 8.01. The Labute approximate surface area is 209 Å².